The smallest absolute Gasteiger partial charge is 0 e. The molecule has 1 spiro atoms. The maximum absolute atomic E-state index is 4.25. The predicted molar refractivity (Wildman–Crippen MR) is 4.34 cm³/mol. The van der Waals surface area contributed by atoms with Gasteiger partial charge in [0.05, 0.1) is 0 Å². The summed E-state index contributed by atoms with van der Waals surface area (Å²) < 4.78 is 17.0. The van der Waals surface area contributed by atoms with Crippen LogP contribution >= 0.6 is 0 Å². The summed E-state index contributed by atoms with van der Waals surface area (Å²) in [6.07, 6.45) is 0. The van der Waals surface area contributed by atoms with Gasteiger partial charge in [-0.2, -0.15) is 0 Å². The third-order valence-corrected chi connectivity index (χ3v) is 1.81. The molecule has 0 bridgehead atoms. The van der Waals surface area contributed by atoms with E-state index in [9.17, 15) is 0 Å². The Bertz CT molecular complexity index is 51.8. The molecule has 0 aromatic rings. The van der Waals surface area contributed by atoms with Gasteiger partial charge in [0.15, 0.2) is 0 Å². The summed E-state index contributed by atoms with van der Waals surface area (Å²) in [6.45, 7) is 0. The molecule has 0 amide bonds. The normalized spacial score (nSPS) is 21.3. The molecule has 0 atom stereocenters. The molecule has 9 heteroatoms. The minimum atomic E-state index is -2.50. The Balaban J connectivity index is -0.0000000900. The zero-order valence-electron chi connectivity index (χ0n) is 4.13. The minimum absolute atomic E-state index is 0. The molecule has 4 nitrogen and oxygen atoms in total. The molecule has 0 radical (unpaired) electrons. The Morgan fingerprint density at radius 2 is 0.778 bits per heavy atom. The van der Waals surface area contributed by atoms with Gasteiger partial charge in [0.25, 0.3) is 0 Å². The van der Waals surface area contributed by atoms with Crippen LogP contribution in [-0.2, 0) is 119 Å². The van der Waals surface area contributed by atoms with Crippen molar-refractivity contribution in [1.29, 1.82) is 0 Å². The largest absolute Gasteiger partial charge is 0 e. The molecule has 0 saturated carbocycles. The number of hydrogen-bond acceptors (Lipinski definition) is 4. The van der Waals surface area contributed by atoms with Crippen LogP contribution in [-0.4, -0.2) is 0 Å². The van der Waals surface area contributed by atoms with Crippen molar-refractivity contribution in [3.8, 4) is 0 Å². The molecule has 9 heavy (non-hydrogen) atoms. The first-order chi connectivity index (χ1) is 2.41. The van der Waals surface area contributed by atoms with E-state index in [-0.39, 0.29) is 86.9 Å². The molecule has 0 aromatic carbocycles. The van der Waals surface area contributed by atoms with Crippen molar-refractivity contribution >= 4 is 0 Å². The second-order valence-electron chi connectivity index (χ2n) is 0.833. The first-order valence-electron chi connectivity index (χ1n) is 1.15. The second kappa shape index (κ2) is 6.88. The van der Waals surface area contributed by atoms with Gasteiger partial charge in [-0.15, -0.1) is 0 Å². The molecule has 2 aliphatic rings. The molecular formula is O4Ti5. The van der Waals surface area contributed by atoms with Crippen LogP contribution in [0.2, 0.25) is 0 Å². The van der Waals surface area contributed by atoms with Gasteiger partial charge in [-0.3, -0.25) is 0 Å². The van der Waals surface area contributed by atoms with Crippen molar-refractivity contribution in [2.24, 2.45) is 0 Å². The maximum Gasteiger partial charge on any atom is 0 e. The summed E-state index contributed by atoms with van der Waals surface area (Å²) in [5, 5.41) is 0. The Kier molecular flexibility index (Phi) is 13.9. The van der Waals surface area contributed by atoms with Crippen molar-refractivity contribution in [3.05, 3.63) is 0 Å². The van der Waals surface area contributed by atoms with Gasteiger partial charge >= 0.3 is 32.0 Å². The van der Waals surface area contributed by atoms with Gasteiger partial charge < -0.3 is 0 Å². The van der Waals surface area contributed by atoms with E-state index in [2.05, 4.69) is 13.9 Å². The van der Waals surface area contributed by atoms with E-state index >= 15 is 0 Å². The van der Waals surface area contributed by atoms with E-state index < -0.39 is 18.1 Å². The molecule has 0 N–H and O–H groups in total. The molecule has 2 fully saturated rings. The Morgan fingerprint density at radius 3 is 0.778 bits per heavy atom. The summed E-state index contributed by atoms with van der Waals surface area (Å²) in [5.74, 6) is 0. The van der Waals surface area contributed by atoms with Crippen LogP contribution in [0.4, 0.5) is 0 Å². The van der Waals surface area contributed by atoms with Crippen LogP contribution in [0.15, 0.2) is 0 Å². The SMILES string of the molecule is [O]1[O][Ti]12[O][O]2.[Ti].[Ti].[Ti].[Ti]. The van der Waals surface area contributed by atoms with Crippen LogP contribution in [0.25, 0.3) is 0 Å². The maximum atomic E-state index is 4.25. The van der Waals surface area contributed by atoms with Crippen molar-refractivity contribution in [2.75, 3.05) is 0 Å². The van der Waals surface area contributed by atoms with Gasteiger partial charge in [-0.05, 0) is 0 Å². The van der Waals surface area contributed by atoms with Gasteiger partial charge in [-0.25, -0.2) is 0 Å². The van der Waals surface area contributed by atoms with Crippen LogP contribution in [0.5, 0.6) is 0 Å². The molecule has 0 aliphatic carbocycles. The van der Waals surface area contributed by atoms with Gasteiger partial charge in [0.1, 0.15) is 0 Å². The van der Waals surface area contributed by atoms with Crippen molar-refractivity contribution < 1.29 is 119 Å². The van der Waals surface area contributed by atoms with Crippen LogP contribution < -0.4 is 0 Å². The van der Waals surface area contributed by atoms with Gasteiger partial charge in [0.2, 0.25) is 0 Å². The van der Waals surface area contributed by atoms with E-state index in [1.165, 1.54) is 0 Å². The average Bonchev–Trinajstić information content (AvgIpc) is 2.17. The molecule has 2 heterocycles. The third kappa shape index (κ3) is 5.62. The van der Waals surface area contributed by atoms with Gasteiger partial charge in [-0.1, -0.05) is 0 Å². The second-order valence-corrected chi connectivity index (χ2v) is 3.44. The van der Waals surface area contributed by atoms with E-state index in [1.807, 2.05) is 0 Å². The molecule has 0 aromatic heterocycles. The zero-order chi connectivity index (χ0) is 3.33. The zero-order valence-corrected chi connectivity index (χ0v) is 11.9. The fraction of sp³-hybridized carbons (Fsp3) is 0. The summed E-state index contributed by atoms with van der Waals surface area (Å²) in [6, 6.07) is 0. The first-order valence-corrected chi connectivity index (χ1v) is 3.70. The van der Waals surface area contributed by atoms with Gasteiger partial charge in [0, 0.05) is 86.9 Å². The fourth-order valence-corrected chi connectivity index (χ4v) is 1.39. The first kappa shape index (κ1) is 18.2. The molecule has 2 aliphatic heterocycles. The van der Waals surface area contributed by atoms with Crippen molar-refractivity contribution in [2.45, 2.75) is 0 Å². The molecule has 44 valence electrons. The predicted octanol–water partition coefficient (Wildman–Crippen LogP) is -0.286. The van der Waals surface area contributed by atoms with Crippen LogP contribution in [0.1, 0.15) is 0 Å². The molecule has 0 unspecified atom stereocenters. The fourth-order valence-electron chi connectivity index (χ4n) is 0.124. The molecular weight excluding hydrogens is 303 g/mol. The van der Waals surface area contributed by atoms with Crippen molar-refractivity contribution in [3.63, 3.8) is 0 Å². The topological polar surface area (TPSA) is 50.1 Å². The van der Waals surface area contributed by atoms with Crippen molar-refractivity contribution in [1.82, 2.24) is 0 Å². The minimum Gasteiger partial charge on any atom is 0 e. The number of hydrogen-bond donors (Lipinski definition) is 0. The average molecular weight is 303 g/mol. The summed E-state index contributed by atoms with van der Waals surface area (Å²) in [4.78, 5) is 0. The summed E-state index contributed by atoms with van der Waals surface area (Å²) in [5.41, 5.74) is 0. The summed E-state index contributed by atoms with van der Waals surface area (Å²) in [7, 11) is 0. The Hall–Kier alpha value is 3.41. The van der Waals surface area contributed by atoms with Crippen LogP contribution in [0, 0.1) is 0 Å². The quantitative estimate of drug-likeness (QED) is 0.351. The van der Waals surface area contributed by atoms with E-state index in [4.69, 9.17) is 0 Å². The molecule has 2 rings (SSSR count). The monoisotopic (exact) mass is 304 g/mol. The Morgan fingerprint density at radius 1 is 0.556 bits per heavy atom. The van der Waals surface area contributed by atoms with Crippen LogP contribution in [0.3, 0.4) is 0 Å². The number of rotatable bonds is 0. The van der Waals surface area contributed by atoms with E-state index in [1.54, 1.807) is 0 Å². The summed E-state index contributed by atoms with van der Waals surface area (Å²) >= 11 is -2.50. The third-order valence-electron chi connectivity index (χ3n) is 0.439. The standard InChI is InChI=1S/2O2.5Ti/c2*1-2;;;;;/q2*-2;;;;;+4. The van der Waals surface area contributed by atoms with E-state index in [0.717, 1.165) is 0 Å². The Labute approximate surface area is 117 Å². The molecule has 2 saturated heterocycles. The van der Waals surface area contributed by atoms with E-state index in [0.29, 0.717) is 0 Å².